The summed E-state index contributed by atoms with van der Waals surface area (Å²) in [5.74, 6) is 1.19. The molecule has 1 heterocycles. The van der Waals surface area contributed by atoms with Crippen LogP contribution in [-0.2, 0) is 11.3 Å². The topological polar surface area (TPSA) is 46.3 Å². The Labute approximate surface area is 99.8 Å². The first-order valence-corrected chi connectivity index (χ1v) is 5.42. The maximum Gasteiger partial charge on any atom is 0.225 e. The van der Waals surface area contributed by atoms with Crippen molar-refractivity contribution < 1.29 is 9.32 Å². The average molecular weight is 230 g/mol. The van der Waals surface area contributed by atoms with Crippen molar-refractivity contribution >= 4 is 11.7 Å². The van der Waals surface area contributed by atoms with Crippen molar-refractivity contribution in [1.82, 2.24) is 5.16 Å². The van der Waals surface area contributed by atoms with E-state index in [9.17, 15) is 4.79 Å². The second kappa shape index (κ2) is 4.82. The minimum Gasteiger partial charge on any atom is -0.360 e. The Morgan fingerprint density at radius 3 is 2.59 bits per heavy atom. The Morgan fingerprint density at radius 2 is 2.06 bits per heavy atom. The third-order valence-electron chi connectivity index (χ3n) is 2.46. The van der Waals surface area contributed by atoms with Gasteiger partial charge in [-0.2, -0.15) is 0 Å². The third kappa shape index (κ3) is 2.72. The summed E-state index contributed by atoms with van der Waals surface area (Å²) in [5, 5.41) is 3.86. The molecule has 2 rings (SSSR count). The van der Waals surface area contributed by atoms with Crippen LogP contribution in [-0.4, -0.2) is 11.1 Å². The maximum absolute atomic E-state index is 11.6. The van der Waals surface area contributed by atoms with Gasteiger partial charge in [-0.3, -0.25) is 9.69 Å². The number of anilines is 1. The summed E-state index contributed by atoms with van der Waals surface area (Å²) in [6, 6.07) is 11.5. The van der Waals surface area contributed by atoms with Gasteiger partial charge in [0.15, 0.2) is 5.82 Å². The molecule has 0 fully saturated rings. The van der Waals surface area contributed by atoms with Crippen molar-refractivity contribution in [2.45, 2.75) is 20.4 Å². The van der Waals surface area contributed by atoms with Gasteiger partial charge in [0.25, 0.3) is 0 Å². The lowest BCUT2D eigenvalue weighted by Gasteiger charge is -2.17. The first-order valence-electron chi connectivity index (χ1n) is 5.42. The van der Waals surface area contributed by atoms with E-state index in [1.807, 2.05) is 30.3 Å². The number of benzene rings is 1. The molecular weight excluding hydrogens is 216 g/mol. The molecule has 17 heavy (non-hydrogen) atoms. The van der Waals surface area contributed by atoms with Gasteiger partial charge in [-0.15, -0.1) is 0 Å². The minimum absolute atomic E-state index is 0.0536. The standard InChI is InChI=1S/C13H14N2O2/c1-10-8-13(14-17-10)15(11(2)16)9-12-6-4-3-5-7-12/h3-8H,9H2,1-2H3. The molecule has 0 aliphatic rings. The molecule has 4 nitrogen and oxygen atoms in total. The van der Waals surface area contributed by atoms with Crippen LogP contribution in [0.4, 0.5) is 5.82 Å². The zero-order valence-electron chi connectivity index (χ0n) is 9.88. The number of rotatable bonds is 3. The molecule has 1 aromatic heterocycles. The predicted molar refractivity (Wildman–Crippen MR) is 64.5 cm³/mol. The molecule has 4 heteroatoms. The fraction of sp³-hybridized carbons (Fsp3) is 0.231. The van der Waals surface area contributed by atoms with Gasteiger partial charge in [-0.25, -0.2) is 0 Å². The second-order valence-electron chi connectivity index (χ2n) is 3.89. The van der Waals surface area contributed by atoms with E-state index >= 15 is 0 Å². The molecule has 1 amide bonds. The Hall–Kier alpha value is -2.10. The molecule has 88 valence electrons. The van der Waals surface area contributed by atoms with Crippen molar-refractivity contribution in [2.24, 2.45) is 0 Å². The van der Waals surface area contributed by atoms with Crippen molar-refractivity contribution in [1.29, 1.82) is 0 Å². The molecule has 1 aromatic carbocycles. The van der Waals surface area contributed by atoms with E-state index in [0.29, 0.717) is 18.1 Å². The molecule has 0 bridgehead atoms. The van der Waals surface area contributed by atoms with Crippen LogP contribution in [0.1, 0.15) is 18.2 Å². The van der Waals surface area contributed by atoms with Gasteiger partial charge < -0.3 is 4.52 Å². The summed E-state index contributed by atoms with van der Waals surface area (Å²) in [7, 11) is 0. The molecule has 0 N–H and O–H groups in total. The highest BCUT2D eigenvalue weighted by molar-refractivity contribution is 5.90. The molecule has 0 aliphatic carbocycles. The summed E-state index contributed by atoms with van der Waals surface area (Å²) in [5.41, 5.74) is 1.06. The quantitative estimate of drug-likeness (QED) is 0.814. The van der Waals surface area contributed by atoms with Crippen LogP contribution in [0.25, 0.3) is 0 Å². The summed E-state index contributed by atoms with van der Waals surface area (Å²) in [4.78, 5) is 13.2. The van der Waals surface area contributed by atoms with E-state index in [-0.39, 0.29) is 5.91 Å². The number of carbonyl (C=O) groups excluding carboxylic acids is 1. The SMILES string of the molecule is CC(=O)N(Cc1ccccc1)c1cc(C)on1. The molecular formula is C13H14N2O2. The van der Waals surface area contributed by atoms with Gasteiger partial charge in [0, 0.05) is 13.0 Å². The lowest BCUT2D eigenvalue weighted by Crippen LogP contribution is -2.28. The normalized spacial score (nSPS) is 10.2. The van der Waals surface area contributed by atoms with E-state index in [2.05, 4.69) is 5.16 Å². The van der Waals surface area contributed by atoms with Gasteiger partial charge in [-0.05, 0) is 12.5 Å². The fourth-order valence-electron chi connectivity index (χ4n) is 1.60. The van der Waals surface area contributed by atoms with Crippen molar-refractivity contribution in [3.63, 3.8) is 0 Å². The Balaban J connectivity index is 2.22. The highest BCUT2D eigenvalue weighted by atomic mass is 16.5. The van der Waals surface area contributed by atoms with E-state index in [4.69, 9.17) is 4.52 Å². The number of amides is 1. The highest BCUT2D eigenvalue weighted by Gasteiger charge is 2.15. The summed E-state index contributed by atoms with van der Waals surface area (Å²) in [6.07, 6.45) is 0. The fourth-order valence-corrected chi connectivity index (χ4v) is 1.60. The van der Waals surface area contributed by atoms with Crippen LogP contribution in [0.2, 0.25) is 0 Å². The van der Waals surface area contributed by atoms with Crippen LogP contribution >= 0.6 is 0 Å². The molecule has 2 aromatic rings. The van der Waals surface area contributed by atoms with Gasteiger partial charge in [-0.1, -0.05) is 35.5 Å². The minimum atomic E-state index is -0.0536. The summed E-state index contributed by atoms with van der Waals surface area (Å²) >= 11 is 0. The van der Waals surface area contributed by atoms with E-state index < -0.39 is 0 Å². The first-order chi connectivity index (χ1) is 8.16. The largest absolute Gasteiger partial charge is 0.360 e. The lowest BCUT2D eigenvalue weighted by molar-refractivity contribution is -0.116. The van der Waals surface area contributed by atoms with Gasteiger partial charge in [0.05, 0.1) is 6.54 Å². The number of hydrogen-bond donors (Lipinski definition) is 0. The van der Waals surface area contributed by atoms with Crippen LogP contribution < -0.4 is 4.90 Å². The van der Waals surface area contributed by atoms with Crippen molar-refractivity contribution in [2.75, 3.05) is 4.90 Å². The van der Waals surface area contributed by atoms with E-state index in [1.165, 1.54) is 6.92 Å². The Bertz CT molecular complexity index is 505. The number of aromatic nitrogens is 1. The smallest absolute Gasteiger partial charge is 0.225 e. The van der Waals surface area contributed by atoms with Crippen LogP contribution in [0.3, 0.4) is 0 Å². The Morgan fingerprint density at radius 1 is 1.35 bits per heavy atom. The maximum atomic E-state index is 11.6. The van der Waals surface area contributed by atoms with Crippen molar-refractivity contribution in [3.8, 4) is 0 Å². The molecule has 0 radical (unpaired) electrons. The first kappa shape index (κ1) is 11.4. The number of hydrogen-bond acceptors (Lipinski definition) is 3. The van der Waals surface area contributed by atoms with Gasteiger partial charge in [0.1, 0.15) is 5.76 Å². The van der Waals surface area contributed by atoms with Gasteiger partial charge in [0.2, 0.25) is 5.91 Å². The van der Waals surface area contributed by atoms with Crippen LogP contribution in [0.15, 0.2) is 40.9 Å². The molecule has 0 atom stereocenters. The number of aryl methyl sites for hydroxylation is 1. The highest BCUT2D eigenvalue weighted by Crippen LogP contribution is 2.17. The van der Waals surface area contributed by atoms with Crippen molar-refractivity contribution in [3.05, 3.63) is 47.7 Å². The van der Waals surface area contributed by atoms with E-state index in [1.54, 1.807) is 17.9 Å². The molecule has 0 saturated carbocycles. The number of nitrogens with zero attached hydrogens (tertiary/aromatic N) is 2. The summed E-state index contributed by atoms with van der Waals surface area (Å²) < 4.78 is 4.99. The zero-order valence-corrected chi connectivity index (χ0v) is 9.88. The molecule has 0 aliphatic heterocycles. The third-order valence-corrected chi connectivity index (χ3v) is 2.46. The monoisotopic (exact) mass is 230 g/mol. The van der Waals surface area contributed by atoms with Crippen LogP contribution in [0, 0.1) is 6.92 Å². The number of carbonyl (C=O) groups is 1. The van der Waals surface area contributed by atoms with Gasteiger partial charge >= 0.3 is 0 Å². The van der Waals surface area contributed by atoms with E-state index in [0.717, 1.165) is 5.56 Å². The molecule has 0 spiro atoms. The summed E-state index contributed by atoms with van der Waals surface area (Å²) in [6.45, 7) is 3.83. The second-order valence-corrected chi connectivity index (χ2v) is 3.89. The average Bonchev–Trinajstić information content (AvgIpc) is 2.73. The zero-order chi connectivity index (χ0) is 12.3. The predicted octanol–water partition coefficient (Wildman–Crippen LogP) is 2.54. The van der Waals surface area contributed by atoms with Crippen LogP contribution in [0.5, 0.6) is 0 Å². The molecule has 0 saturated heterocycles. The molecule has 0 unspecified atom stereocenters. The lowest BCUT2D eigenvalue weighted by atomic mass is 10.2. The Kier molecular flexibility index (Phi) is 3.23.